The summed E-state index contributed by atoms with van der Waals surface area (Å²) in [6.07, 6.45) is 0.337. The normalized spacial score (nSPS) is 15.0. The second-order valence-electron chi connectivity index (χ2n) is 6.29. The molecule has 0 saturated carbocycles. The van der Waals surface area contributed by atoms with Crippen LogP contribution in [0.2, 0.25) is 0 Å². The summed E-state index contributed by atoms with van der Waals surface area (Å²) >= 11 is 0. The number of carbonyl (C=O) groups excluding carboxylic acids is 2. The van der Waals surface area contributed by atoms with E-state index in [1.807, 2.05) is 17.0 Å². The molecule has 5 nitrogen and oxygen atoms in total. The standard InChI is InChI=1S/C18H26N2O3/c1-13(2)15-5-6-17(23-4)16(11-15)12-18(22)20-9-7-19(8-10-20)14(3)21/h5-6,11,13H,7-10,12H2,1-4H3. The van der Waals surface area contributed by atoms with Crippen molar-refractivity contribution in [3.63, 3.8) is 0 Å². The predicted molar refractivity (Wildman–Crippen MR) is 89.6 cm³/mol. The zero-order valence-corrected chi connectivity index (χ0v) is 14.5. The van der Waals surface area contributed by atoms with Crippen molar-refractivity contribution >= 4 is 11.8 Å². The molecule has 0 atom stereocenters. The number of hydrogen-bond donors (Lipinski definition) is 0. The lowest BCUT2D eigenvalue weighted by molar-refractivity contribution is -0.138. The summed E-state index contributed by atoms with van der Waals surface area (Å²) in [5, 5.41) is 0. The van der Waals surface area contributed by atoms with Crippen LogP contribution in [0.3, 0.4) is 0 Å². The first-order chi connectivity index (χ1) is 10.9. The first kappa shape index (κ1) is 17.3. The molecule has 1 aliphatic rings. The van der Waals surface area contributed by atoms with Crippen LogP contribution in [0.5, 0.6) is 5.75 Å². The van der Waals surface area contributed by atoms with Crippen molar-refractivity contribution in [2.75, 3.05) is 33.3 Å². The van der Waals surface area contributed by atoms with E-state index < -0.39 is 0 Å². The average molecular weight is 318 g/mol. The Kier molecular flexibility index (Phi) is 5.64. The lowest BCUT2D eigenvalue weighted by atomic mass is 9.98. The topological polar surface area (TPSA) is 49.9 Å². The minimum atomic E-state index is 0.0726. The molecule has 1 saturated heterocycles. The molecule has 0 spiro atoms. The third kappa shape index (κ3) is 4.24. The van der Waals surface area contributed by atoms with E-state index in [0.717, 1.165) is 11.3 Å². The third-order valence-corrected chi connectivity index (χ3v) is 4.39. The molecule has 2 rings (SSSR count). The molecule has 0 bridgehead atoms. The van der Waals surface area contributed by atoms with Gasteiger partial charge in [-0.2, -0.15) is 0 Å². The molecule has 0 N–H and O–H groups in total. The fourth-order valence-corrected chi connectivity index (χ4v) is 2.84. The van der Waals surface area contributed by atoms with Gasteiger partial charge in [0.15, 0.2) is 0 Å². The van der Waals surface area contributed by atoms with E-state index in [0.29, 0.717) is 38.5 Å². The molecule has 2 amide bonds. The number of piperazine rings is 1. The van der Waals surface area contributed by atoms with E-state index in [-0.39, 0.29) is 11.8 Å². The second kappa shape index (κ2) is 7.49. The Balaban J connectivity index is 2.05. The van der Waals surface area contributed by atoms with Gasteiger partial charge in [0.1, 0.15) is 5.75 Å². The molecular weight excluding hydrogens is 292 g/mol. The van der Waals surface area contributed by atoms with Crippen molar-refractivity contribution in [2.24, 2.45) is 0 Å². The van der Waals surface area contributed by atoms with Gasteiger partial charge in [-0.1, -0.05) is 26.0 Å². The Bertz CT molecular complexity index is 576. The van der Waals surface area contributed by atoms with Crippen molar-refractivity contribution in [3.05, 3.63) is 29.3 Å². The van der Waals surface area contributed by atoms with Crippen molar-refractivity contribution in [1.82, 2.24) is 9.80 Å². The van der Waals surface area contributed by atoms with Crippen LogP contribution in [0.1, 0.15) is 37.8 Å². The summed E-state index contributed by atoms with van der Waals surface area (Å²) in [7, 11) is 1.63. The van der Waals surface area contributed by atoms with Crippen LogP contribution in [-0.2, 0) is 16.0 Å². The molecule has 1 aliphatic heterocycles. The number of hydrogen-bond acceptors (Lipinski definition) is 3. The highest BCUT2D eigenvalue weighted by molar-refractivity contribution is 5.80. The Hall–Kier alpha value is -2.04. The Morgan fingerprint density at radius 2 is 1.74 bits per heavy atom. The number of methoxy groups -OCH3 is 1. The number of nitrogens with zero attached hydrogens (tertiary/aromatic N) is 2. The van der Waals surface area contributed by atoms with E-state index >= 15 is 0 Å². The fourth-order valence-electron chi connectivity index (χ4n) is 2.84. The van der Waals surface area contributed by atoms with Gasteiger partial charge in [-0.15, -0.1) is 0 Å². The second-order valence-corrected chi connectivity index (χ2v) is 6.29. The minimum absolute atomic E-state index is 0.0726. The third-order valence-electron chi connectivity index (χ3n) is 4.39. The maximum absolute atomic E-state index is 12.6. The maximum atomic E-state index is 12.6. The molecule has 1 aromatic carbocycles. The van der Waals surface area contributed by atoms with E-state index in [4.69, 9.17) is 4.74 Å². The molecular formula is C18H26N2O3. The number of ether oxygens (including phenoxy) is 1. The van der Waals surface area contributed by atoms with Gasteiger partial charge >= 0.3 is 0 Å². The maximum Gasteiger partial charge on any atom is 0.227 e. The molecule has 0 aliphatic carbocycles. The van der Waals surface area contributed by atoms with Crippen LogP contribution in [-0.4, -0.2) is 54.9 Å². The summed E-state index contributed by atoms with van der Waals surface area (Å²) in [5.41, 5.74) is 2.13. The van der Waals surface area contributed by atoms with Gasteiger partial charge in [-0.05, 0) is 17.5 Å². The molecule has 23 heavy (non-hydrogen) atoms. The predicted octanol–water partition coefficient (Wildman–Crippen LogP) is 2.05. The first-order valence-corrected chi connectivity index (χ1v) is 8.12. The zero-order chi connectivity index (χ0) is 17.0. The minimum Gasteiger partial charge on any atom is -0.496 e. The van der Waals surface area contributed by atoms with E-state index in [9.17, 15) is 9.59 Å². The lowest BCUT2D eigenvalue weighted by Crippen LogP contribution is -2.50. The number of benzene rings is 1. The van der Waals surface area contributed by atoms with Gasteiger partial charge in [0, 0.05) is 38.7 Å². The van der Waals surface area contributed by atoms with Crippen molar-refractivity contribution in [1.29, 1.82) is 0 Å². The Labute approximate surface area is 138 Å². The van der Waals surface area contributed by atoms with Gasteiger partial charge < -0.3 is 14.5 Å². The van der Waals surface area contributed by atoms with Crippen LogP contribution < -0.4 is 4.74 Å². The lowest BCUT2D eigenvalue weighted by Gasteiger charge is -2.34. The number of carbonyl (C=O) groups is 2. The van der Waals surface area contributed by atoms with Crippen molar-refractivity contribution < 1.29 is 14.3 Å². The fraction of sp³-hybridized carbons (Fsp3) is 0.556. The summed E-state index contributed by atoms with van der Waals surface area (Å²) in [6, 6.07) is 6.04. The van der Waals surface area contributed by atoms with E-state index in [1.165, 1.54) is 5.56 Å². The van der Waals surface area contributed by atoms with Crippen LogP contribution in [0.15, 0.2) is 18.2 Å². The molecule has 126 valence electrons. The first-order valence-electron chi connectivity index (χ1n) is 8.12. The summed E-state index contributed by atoms with van der Waals surface area (Å²) in [6.45, 7) is 8.27. The molecule has 0 aromatic heterocycles. The van der Waals surface area contributed by atoms with Crippen LogP contribution in [0.4, 0.5) is 0 Å². The van der Waals surface area contributed by atoms with Crippen LogP contribution in [0.25, 0.3) is 0 Å². The molecule has 1 aromatic rings. The van der Waals surface area contributed by atoms with Gasteiger partial charge in [0.2, 0.25) is 11.8 Å². The van der Waals surface area contributed by atoms with Gasteiger partial charge in [-0.3, -0.25) is 9.59 Å². The van der Waals surface area contributed by atoms with Crippen molar-refractivity contribution in [3.8, 4) is 5.75 Å². The largest absolute Gasteiger partial charge is 0.496 e. The monoisotopic (exact) mass is 318 g/mol. The summed E-state index contributed by atoms with van der Waals surface area (Å²) in [5.74, 6) is 1.33. The molecule has 0 radical (unpaired) electrons. The smallest absolute Gasteiger partial charge is 0.227 e. The quantitative estimate of drug-likeness (QED) is 0.854. The zero-order valence-electron chi connectivity index (χ0n) is 14.5. The highest BCUT2D eigenvalue weighted by atomic mass is 16.5. The van der Waals surface area contributed by atoms with Crippen LogP contribution >= 0.6 is 0 Å². The summed E-state index contributed by atoms with van der Waals surface area (Å²) < 4.78 is 5.39. The molecule has 1 fully saturated rings. The van der Waals surface area contributed by atoms with Crippen LogP contribution in [0, 0.1) is 0 Å². The Morgan fingerprint density at radius 3 is 2.26 bits per heavy atom. The van der Waals surface area contributed by atoms with Gasteiger partial charge in [0.05, 0.1) is 13.5 Å². The van der Waals surface area contributed by atoms with Gasteiger partial charge in [0.25, 0.3) is 0 Å². The number of rotatable bonds is 4. The SMILES string of the molecule is COc1ccc(C(C)C)cc1CC(=O)N1CCN(C(C)=O)CC1. The number of amides is 2. The summed E-state index contributed by atoms with van der Waals surface area (Å²) in [4.78, 5) is 27.5. The van der Waals surface area contributed by atoms with E-state index in [2.05, 4.69) is 19.9 Å². The van der Waals surface area contributed by atoms with Gasteiger partial charge in [-0.25, -0.2) is 0 Å². The Morgan fingerprint density at radius 1 is 1.13 bits per heavy atom. The highest BCUT2D eigenvalue weighted by Gasteiger charge is 2.23. The average Bonchev–Trinajstić information content (AvgIpc) is 2.54. The van der Waals surface area contributed by atoms with E-state index in [1.54, 1.807) is 18.9 Å². The molecule has 0 unspecified atom stereocenters. The van der Waals surface area contributed by atoms with Crippen molar-refractivity contribution in [2.45, 2.75) is 33.1 Å². The highest BCUT2D eigenvalue weighted by Crippen LogP contribution is 2.25. The molecule has 1 heterocycles. The molecule has 5 heteroatoms.